The minimum Gasteiger partial charge on any atom is -0.481 e. The topological polar surface area (TPSA) is 102 Å². The maximum Gasteiger partial charge on any atom is 0.306 e. The van der Waals surface area contributed by atoms with Crippen molar-refractivity contribution in [3.8, 4) is 0 Å². The van der Waals surface area contributed by atoms with E-state index >= 15 is 0 Å². The zero-order valence-corrected chi connectivity index (χ0v) is 10.5. The van der Waals surface area contributed by atoms with Gasteiger partial charge in [0.15, 0.2) is 0 Å². The molecule has 0 amide bonds. The molecule has 2 unspecified atom stereocenters. The normalized spacial score (nSPS) is 27.6. The summed E-state index contributed by atoms with van der Waals surface area (Å²) in [7, 11) is 0. The van der Waals surface area contributed by atoms with E-state index in [2.05, 4.69) is 5.18 Å². The summed E-state index contributed by atoms with van der Waals surface area (Å²) in [6, 6.07) is 0. The molecule has 2 aliphatic rings. The van der Waals surface area contributed by atoms with Gasteiger partial charge in [-0.1, -0.05) is 5.18 Å². The van der Waals surface area contributed by atoms with E-state index in [9.17, 15) is 14.5 Å². The van der Waals surface area contributed by atoms with Crippen LogP contribution in [0.5, 0.6) is 0 Å². The van der Waals surface area contributed by atoms with E-state index in [1.165, 1.54) is 0 Å². The number of cyclic esters (lactones) is 1. The summed E-state index contributed by atoms with van der Waals surface area (Å²) in [5.74, 6) is -1.92. The molecule has 0 bridgehead atoms. The van der Waals surface area contributed by atoms with Crippen LogP contribution in [0.25, 0.3) is 0 Å². The first-order valence-electron chi connectivity index (χ1n) is 6.41. The molecule has 1 N–H and O–H groups in total. The summed E-state index contributed by atoms with van der Waals surface area (Å²) in [4.78, 5) is 33.6. The highest BCUT2D eigenvalue weighted by molar-refractivity contribution is 5.72. The van der Waals surface area contributed by atoms with Gasteiger partial charge in [-0.2, -0.15) is 4.91 Å². The second-order valence-corrected chi connectivity index (χ2v) is 5.08. The van der Waals surface area contributed by atoms with Gasteiger partial charge in [-0.3, -0.25) is 9.59 Å². The van der Waals surface area contributed by atoms with E-state index in [-0.39, 0.29) is 18.8 Å². The molecule has 2 atom stereocenters. The molecule has 7 nitrogen and oxygen atoms in total. The fourth-order valence-corrected chi connectivity index (χ4v) is 2.94. The number of esters is 1. The predicted octanol–water partition coefficient (Wildman–Crippen LogP) is 1.10. The van der Waals surface area contributed by atoms with Crippen molar-refractivity contribution in [3.63, 3.8) is 0 Å². The zero-order valence-electron chi connectivity index (χ0n) is 10.5. The number of aliphatic carboxylic acids is 1. The van der Waals surface area contributed by atoms with Crippen molar-refractivity contribution in [2.45, 2.75) is 43.7 Å². The molecule has 7 heteroatoms. The van der Waals surface area contributed by atoms with Gasteiger partial charge in [-0.05, 0) is 19.3 Å². The van der Waals surface area contributed by atoms with Crippen LogP contribution >= 0.6 is 0 Å². The fraction of sp³-hybridized carbons (Fsp3) is 0.833. The average Bonchev–Trinajstić information content (AvgIpc) is 2.83. The van der Waals surface area contributed by atoms with Gasteiger partial charge < -0.3 is 14.6 Å². The Morgan fingerprint density at radius 2 is 2.16 bits per heavy atom. The zero-order chi connectivity index (χ0) is 13.9. The lowest BCUT2D eigenvalue weighted by atomic mass is 9.73. The smallest absolute Gasteiger partial charge is 0.306 e. The van der Waals surface area contributed by atoms with Gasteiger partial charge in [-0.25, -0.2) is 0 Å². The van der Waals surface area contributed by atoms with Crippen LogP contribution in [0, 0.1) is 10.8 Å². The Bertz CT molecular complexity index is 376. The second kappa shape index (κ2) is 5.64. The van der Waals surface area contributed by atoms with E-state index in [1.807, 2.05) is 0 Å². The molecule has 0 radical (unpaired) electrons. The van der Waals surface area contributed by atoms with Gasteiger partial charge in [0.25, 0.3) is 0 Å². The number of carboxylic acids is 1. The Balaban J connectivity index is 2.21. The lowest BCUT2D eigenvalue weighted by Crippen LogP contribution is -2.47. The first-order valence-corrected chi connectivity index (χ1v) is 6.41. The molecule has 2 aliphatic heterocycles. The van der Waals surface area contributed by atoms with Gasteiger partial charge in [0.2, 0.25) is 0 Å². The van der Waals surface area contributed by atoms with Crippen LogP contribution in [0.2, 0.25) is 0 Å². The van der Waals surface area contributed by atoms with Crippen molar-refractivity contribution in [1.29, 1.82) is 0 Å². The molecule has 2 rings (SSSR count). The van der Waals surface area contributed by atoms with Crippen LogP contribution in [0.4, 0.5) is 0 Å². The third kappa shape index (κ3) is 2.91. The SMILES string of the molecule is O=NC1(C(CC(=O)O)C2CCC(=O)O2)CCOCC1. The van der Waals surface area contributed by atoms with Crippen molar-refractivity contribution in [1.82, 2.24) is 0 Å². The quantitative estimate of drug-likeness (QED) is 0.593. The highest BCUT2D eigenvalue weighted by Crippen LogP contribution is 2.40. The predicted molar refractivity (Wildman–Crippen MR) is 63.4 cm³/mol. The largest absolute Gasteiger partial charge is 0.481 e. The molecule has 0 aromatic carbocycles. The monoisotopic (exact) mass is 271 g/mol. The van der Waals surface area contributed by atoms with Gasteiger partial charge >= 0.3 is 11.9 Å². The number of hydrogen-bond acceptors (Lipinski definition) is 6. The third-order valence-electron chi connectivity index (χ3n) is 3.99. The van der Waals surface area contributed by atoms with Crippen LogP contribution in [0.3, 0.4) is 0 Å². The fourth-order valence-electron chi connectivity index (χ4n) is 2.94. The van der Waals surface area contributed by atoms with Gasteiger partial charge in [-0.15, -0.1) is 0 Å². The Morgan fingerprint density at radius 3 is 2.63 bits per heavy atom. The Hall–Kier alpha value is -1.50. The van der Waals surface area contributed by atoms with Crippen LogP contribution < -0.4 is 0 Å². The molecule has 0 aromatic rings. The van der Waals surface area contributed by atoms with E-state index in [0.717, 1.165) is 0 Å². The number of carbonyl (C=O) groups excluding carboxylic acids is 1. The summed E-state index contributed by atoms with van der Waals surface area (Å²) in [6.45, 7) is 0.755. The molecule has 2 saturated heterocycles. The summed E-state index contributed by atoms with van der Waals surface area (Å²) in [5, 5.41) is 12.3. The standard InChI is InChI=1S/C12H17NO6/c14-10(15)7-8(9-1-2-11(16)19-9)12(13-17)3-5-18-6-4-12/h8-9H,1-7H2,(H,14,15). The van der Waals surface area contributed by atoms with Gasteiger partial charge in [0.1, 0.15) is 11.6 Å². The van der Waals surface area contributed by atoms with Crippen molar-refractivity contribution in [3.05, 3.63) is 4.91 Å². The second-order valence-electron chi connectivity index (χ2n) is 5.08. The summed E-state index contributed by atoms with van der Waals surface area (Å²) < 4.78 is 10.4. The number of nitrogens with zero attached hydrogens (tertiary/aromatic N) is 1. The highest BCUT2D eigenvalue weighted by atomic mass is 16.5. The summed E-state index contributed by atoms with van der Waals surface area (Å²) >= 11 is 0. The molecule has 106 valence electrons. The van der Waals surface area contributed by atoms with Crippen LogP contribution in [0.1, 0.15) is 32.1 Å². The van der Waals surface area contributed by atoms with Crippen LogP contribution in [-0.2, 0) is 19.1 Å². The number of carboxylic acid groups (broad SMARTS) is 1. The lowest BCUT2D eigenvalue weighted by molar-refractivity contribution is -0.149. The van der Waals surface area contributed by atoms with Gasteiger partial charge in [0.05, 0.1) is 6.42 Å². The first-order chi connectivity index (χ1) is 9.07. The maximum atomic E-state index is 11.3. The van der Waals surface area contributed by atoms with Gasteiger partial charge in [0, 0.05) is 25.6 Å². The Morgan fingerprint density at radius 1 is 1.47 bits per heavy atom. The molecule has 19 heavy (non-hydrogen) atoms. The van der Waals surface area contributed by atoms with E-state index in [4.69, 9.17) is 14.6 Å². The molecular weight excluding hydrogens is 254 g/mol. The average molecular weight is 271 g/mol. The Labute approximate surface area is 110 Å². The van der Waals surface area contributed by atoms with E-state index < -0.39 is 23.5 Å². The molecule has 2 fully saturated rings. The summed E-state index contributed by atoms with van der Waals surface area (Å²) in [6.07, 6.45) is 0.731. The Kier molecular flexibility index (Phi) is 4.14. The van der Waals surface area contributed by atoms with E-state index in [1.54, 1.807) is 0 Å². The molecular formula is C12H17NO6. The number of nitroso groups, excluding NO2 is 1. The number of rotatable bonds is 5. The number of hydrogen-bond donors (Lipinski definition) is 1. The summed E-state index contributed by atoms with van der Waals surface area (Å²) in [5.41, 5.74) is -0.994. The van der Waals surface area contributed by atoms with Crippen molar-refractivity contribution >= 4 is 11.9 Å². The minimum atomic E-state index is -1.01. The third-order valence-corrected chi connectivity index (χ3v) is 3.99. The van der Waals surface area contributed by atoms with Crippen molar-refractivity contribution in [2.75, 3.05) is 13.2 Å². The molecule has 0 spiro atoms. The molecule has 0 aliphatic carbocycles. The maximum absolute atomic E-state index is 11.3. The molecule has 2 heterocycles. The number of carbonyl (C=O) groups is 2. The van der Waals surface area contributed by atoms with Crippen molar-refractivity contribution in [2.24, 2.45) is 11.1 Å². The first kappa shape index (κ1) is 13.9. The van der Waals surface area contributed by atoms with E-state index in [0.29, 0.717) is 32.5 Å². The highest BCUT2D eigenvalue weighted by Gasteiger charge is 2.49. The lowest BCUT2D eigenvalue weighted by Gasteiger charge is -2.39. The van der Waals surface area contributed by atoms with Crippen molar-refractivity contribution < 1.29 is 24.2 Å². The molecule has 0 aromatic heterocycles. The number of ether oxygens (including phenoxy) is 2. The molecule has 0 saturated carbocycles. The van der Waals surface area contributed by atoms with Crippen LogP contribution in [-0.4, -0.2) is 41.9 Å². The van der Waals surface area contributed by atoms with Crippen LogP contribution in [0.15, 0.2) is 5.18 Å². The minimum absolute atomic E-state index is 0.219.